The summed E-state index contributed by atoms with van der Waals surface area (Å²) in [4.78, 5) is 9.53. The lowest BCUT2D eigenvalue weighted by Gasteiger charge is -2.19. The number of rotatable bonds is 8. The van der Waals surface area contributed by atoms with Gasteiger partial charge in [0.2, 0.25) is 6.29 Å². The predicted octanol–water partition coefficient (Wildman–Crippen LogP) is 11.3. The number of benzene rings is 4. The smallest absolute Gasteiger partial charge is 0.454 e. The predicted molar refractivity (Wildman–Crippen MR) is 174 cm³/mol. The Hall–Kier alpha value is -0.850. The monoisotopic (exact) mass is 932 g/mol. The third-order valence-electron chi connectivity index (χ3n) is 4.51. The van der Waals surface area contributed by atoms with Crippen LogP contribution in [-0.2, 0) is 4.57 Å². The summed E-state index contributed by atoms with van der Waals surface area (Å²) in [6, 6.07) is 24.3. The molecule has 0 spiro atoms. The van der Waals surface area contributed by atoms with Crippen LogP contribution in [0.1, 0.15) is 6.92 Å². The number of hydrogen-bond donors (Lipinski definition) is 1. The molecular weight excluding hydrogens is 919 g/mol. The van der Waals surface area contributed by atoms with Crippen LogP contribution in [-0.4, -0.2) is 11.2 Å². The Balaban J connectivity index is 0.000000223. The third-order valence-corrected chi connectivity index (χ3v) is 12.1. The molecule has 0 aliphatic heterocycles. The van der Waals surface area contributed by atoms with Gasteiger partial charge in [0.05, 0.1) is 8.95 Å². The fourth-order valence-corrected chi connectivity index (χ4v) is 6.37. The van der Waals surface area contributed by atoms with E-state index in [1.807, 2.05) is 31.2 Å². The lowest BCUT2D eigenvalue weighted by atomic mass is 10.3. The van der Waals surface area contributed by atoms with Crippen molar-refractivity contribution in [2.45, 2.75) is 13.2 Å². The molecule has 0 aliphatic carbocycles. The Morgan fingerprint density at radius 3 is 1.31 bits per heavy atom. The molecule has 0 radical (unpaired) electrons. The second-order valence-electron chi connectivity index (χ2n) is 7.43. The minimum absolute atomic E-state index is 0.286. The largest absolute Gasteiger partial charge is 0.584 e. The molecule has 4 aromatic carbocycles. The van der Waals surface area contributed by atoms with Crippen LogP contribution in [0.25, 0.3) is 0 Å². The Morgan fingerprint density at radius 1 is 0.590 bits per heavy atom. The molecule has 0 aromatic heterocycles. The molecule has 0 unspecified atom stereocenters. The number of hydrogen-bond acceptors (Lipinski definition) is 5. The van der Waals surface area contributed by atoms with E-state index in [0.717, 1.165) is 26.8 Å². The first-order chi connectivity index (χ1) is 18.5. The molecule has 39 heavy (non-hydrogen) atoms. The molecule has 1 N–H and O–H groups in total. The summed E-state index contributed by atoms with van der Waals surface area (Å²) in [6.45, 7) is 1.84. The van der Waals surface area contributed by atoms with Crippen molar-refractivity contribution in [3.63, 3.8) is 0 Å². The quantitative estimate of drug-likeness (QED) is 0.108. The summed E-state index contributed by atoms with van der Waals surface area (Å²) in [5, 5.41) is 0. The van der Waals surface area contributed by atoms with Crippen molar-refractivity contribution in [2.75, 3.05) is 0 Å². The third kappa shape index (κ3) is 10.2. The van der Waals surface area contributed by atoms with E-state index in [9.17, 15) is 9.46 Å². The highest BCUT2D eigenvalue weighted by atomic mass is 79.9. The minimum atomic E-state index is -4.14. The second kappa shape index (κ2) is 15.4. The average molecular weight is 938 g/mol. The van der Waals surface area contributed by atoms with Gasteiger partial charge in [0.1, 0.15) is 23.0 Å². The van der Waals surface area contributed by atoms with Crippen molar-refractivity contribution < 1.29 is 28.0 Å². The molecule has 0 bridgehead atoms. The maximum absolute atomic E-state index is 11.7. The van der Waals surface area contributed by atoms with E-state index < -0.39 is 14.1 Å². The van der Waals surface area contributed by atoms with Crippen molar-refractivity contribution in [3.05, 3.63) is 112 Å². The van der Waals surface area contributed by atoms with Crippen molar-refractivity contribution in [3.8, 4) is 23.0 Å². The van der Waals surface area contributed by atoms with Gasteiger partial charge in [-0.05, 0) is 144 Å². The Labute approximate surface area is 276 Å². The number of halogens is 6. The van der Waals surface area contributed by atoms with Gasteiger partial charge in [-0.15, -0.1) is 0 Å². The molecule has 6 nitrogen and oxygen atoms in total. The van der Waals surface area contributed by atoms with Crippen LogP contribution >= 0.6 is 103 Å². The molecule has 0 heterocycles. The minimum Gasteiger partial charge on any atom is -0.454 e. The Bertz CT molecular complexity index is 1340. The van der Waals surface area contributed by atoms with Crippen LogP contribution in [0.15, 0.2) is 112 Å². The van der Waals surface area contributed by atoms with Gasteiger partial charge in [0.25, 0.3) is 0 Å². The second-order valence-corrected chi connectivity index (χ2v) is 13.6. The van der Waals surface area contributed by atoms with Gasteiger partial charge in [-0.3, -0.25) is 4.89 Å². The van der Waals surface area contributed by atoms with E-state index in [0.29, 0.717) is 11.5 Å². The SMILES string of the molecule is CC(Oc1ccc(Br)c(Br)c1Br)Oc1ccc(Br)c(Br)c1Br.O=P(O)(Oc1ccccc1)Oc1ccccc1. The fraction of sp³-hybridized carbons (Fsp3) is 0.0769. The lowest BCUT2D eigenvalue weighted by Crippen LogP contribution is -2.20. The van der Waals surface area contributed by atoms with Crippen LogP contribution < -0.4 is 18.5 Å². The first-order valence-electron chi connectivity index (χ1n) is 10.9. The zero-order chi connectivity index (χ0) is 28.6. The van der Waals surface area contributed by atoms with Crippen LogP contribution in [0.3, 0.4) is 0 Å². The summed E-state index contributed by atoms with van der Waals surface area (Å²) in [7, 11) is -4.14. The average Bonchev–Trinajstić information content (AvgIpc) is 2.90. The first kappa shape index (κ1) is 32.7. The standard InChI is InChI=1S/C14H8Br6O2.C12H11O4P/c1-6(21-9-4-2-7(15)11(17)13(9)19)22-10-5-3-8(16)12(18)14(10)20;13-17(14,15-11-7-3-1-4-8-11)16-12-9-5-2-6-10-12/h2-6H,1H3;1-10H,(H,13,14). The first-order valence-corrected chi connectivity index (χ1v) is 17.1. The molecule has 0 aliphatic rings. The normalized spacial score (nSPS) is 10.9. The number of ether oxygens (including phenoxy) is 2. The summed E-state index contributed by atoms with van der Waals surface area (Å²) < 4.78 is 38.5. The molecule has 4 rings (SSSR count). The van der Waals surface area contributed by atoms with Crippen LogP contribution in [0.4, 0.5) is 0 Å². The van der Waals surface area contributed by atoms with Crippen molar-refractivity contribution in [1.29, 1.82) is 0 Å². The number of para-hydroxylation sites is 2. The highest BCUT2D eigenvalue weighted by Gasteiger charge is 2.24. The van der Waals surface area contributed by atoms with Crippen LogP contribution in [0.2, 0.25) is 0 Å². The van der Waals surface area contributed by atoms with E-state index in [2.05, 4.69) is 95.6 Å². The van der Waals surface area contributed by atoms with E-state index in [1.54, 1.807) is 60.7 Å². The maximum atomic E-state index is 11.7. The van der Waals surface area contributed by atoms with E-state index in [1.165, 1.54) is 0 Å². The zero-order valence-electron chi connectivity index (χ0n) is 19.9. The van der Waals surface area contributed by atoms with Gasteiger partial charge in [0.15, 0.2) is 0 Å². The molecule has 0 saturated carbocycles. The van der Waals surface area contributed by atoms with Crippen LogP contribution in [0.5, 0.6) is 23.0 Å². The molecule has 206 valence electrons. The van der Waals surface area contributed by atoms with Gasteiger partial charge in [-0.1, -0.05) is 36.4 Å². The molecular formula is C26H19Br6O6P. The molecule has 13 heteroatoms. The van der Waals surface area contributed by atoms with E-state index in [4.69, 9.17) is 18.5 Å². The molecule has 0 saturated heterocycles. The summed E-state index contributed by atoms with van der Waals surface area (Å²) >= 11 is 20.9. The number of phosphoric ester groups is 1. The number of phosphoric acid groups is 1. The van der Waals surface area contributed by atoms with Gasteiger partial charge in [-0.25, -0.2) is 4.57 Å². The summed E-state index contributed by atoms with van der Waals surface area (Å²) in [5.74, 6) is 1.95. The fourth-order valence-electron chi connectivity index (χ4n) is 2.83. The topological polar surface area (TPSA) is 74.2 Å². The van der Waals surface area contributed by atoms with E-state index in [-0.39, 0.29) is 11.5 Å². The highest BCUT2D eigenvalue weighted by molar-refractivity contribution is 9.15. The molecule has 4 aromatic rings. The molecule has 0 amide bonds. The van der Waals surface area contributed by atoms with Gasteiger partial charge < -0.3 is 18.5 Å². The van der Waals surface area contributed by atoms with Gasteiger partial charge >= 0.3 is 7.82 Å². The summed E-state index contributed by atoms with van der Waals surface area (Å²) in [5.41, 5.74) is 0. The van der Waals surface area contributed by atoms with Gasteiger partial charge in [0, 0.05) is 24.8 Å². The Kier molecular flexibility index (Phi) is 12.9. The molecule has 0 fully saturated rings. The van der Waals surface area contributed by atoms with Gasteiger partial charge in [-0.2, -0.15) is 0 Å². The van der Waals surface area contributed by atoms with E-state index >= 15 is 0 Å². The molecule has 0 atom stereocenters. The highest BCUT2D eigenvalue weighted by Crippen LogP contribution is 2.44. The Morgan fingerprint density at radius 2 is 0.949 bits per heavy atom. The van der Waals surface area contributed by atoms with Crippen LogP contribution in [0, 0.1) is 0 Å². The summed E-state index contributed by atoms with van der Waals surface area (Å²) in [6.07, 6.45) is -0.464. The van der Waals surface area contributed by atoms with Crippen molar-refractivity contribution >= 4 is 103 Å². The zero-order valence-corrected chi connectivity index (χ0v) is 30.3. The van der Waals surface area contributed by atoms with Crippen molar-refractivity contribution in [2.24, 2.45) is 0 Å². The maximum Gasteiger partial charge on any atom is 0.584 e. The van der Waals surface area contributed by atoms with Crippen molar-refractivity contribution in [1.82, 2.24) is 0 Å². The lowest BCUT2D eigenvalue weighted by molar-refractivity contribution is 0.0209.